The molecular formula is C49H97N3O4S. The summed E-state index contributed by atoms with van der Waals surface area (Å²) < 4.78 is 5.52. The van der Waals surface area contributed by atoms with E-state index in [2.05, 4.69) is 31.4 Å². The number of nitrogens with zero attached hydrogens (tertiary/aromatic N) is 1. The van der Waals surface area contributed by atoms with Crippen molar-refractivity contribution in [1.82, 2.24) is 15.5 Å². The first-order valence-corrected chi connectivity index (χ1v) is 26.0. The molecule has 0 rings (SSSR count). The molecule has 57 heavy (non-hydrogen) atoms. The van der Waals surface area contributed by atoms with E-state index in [1.54, 1.807) is 11.8 Å². The lowest BCUT2D eigenvalue weighted by Crippen LogP contribution is -2.49. The van der Waals surface area contributed by atoms with E-state index >= 15 is 0 Å². The van der Waals surface area contributed by atoms with Crippen molar-refractivity contribution in [2.45, 2.75) is 245 Å². The van der Waals surface area contributed by atoms with E-state index in [0.717, 1.165) is 45.1 Å². The number of amides is 2. The first-order valence-electron chi connectivity index (χ1n) is 24.8. The molecular weight excluding hydrogens is 727 g/mol. The number of carbonyl (C=O) groups is 3. The van der Waals surface area contributed by atoms with Gasteiger partial charge in [-0.3, -0.25) is 14.4 Å². The van der Waals surface area contributed by atoms with Gasteiger partial charge in [0.25, 0.3) is 0 Å². The van der Waals surface area contributed by atoms with Gasteiger partial charge in [-0.05, 0) is 45.5 Å². The van der Waals surface area contributed by atoms with Crippen molar-refractivity contribution in [3.63, 3.8) is 0 Å². The number of likely N-dealkylation sites (N-methyl/N-ethyl adjacent to an activating group) is 1. The second-order valence-electron chi connectivity index (χ2n) is 17.3. The smallest absolute Gasteiger partial charge is 0.306 e. The third-order valence-electron chi connectivity index (χ3n) is 11.4. The van der Waals surface area contributed by atoms with Gasteiger partial charge in [0.15, 0.2) is 0 Å². The van der Waals surface area contributed by atoms with E-state index in [0.29, 0.717) is 37.5 Å². The molecule has 8 heteroatoms. The molecule has 338 valence electrons. The highest BCUT2D eigenvalue weighted by Gasteiger charge is 2.25. The highest BCUT2D eigenvalue weighted by Crippen LogP contribution is 2.21. The van der Waals surface area contributed by atoms with Crippen molar-refractivity contribution < 1.29 is 19.1 Å². The molecule has 0 heterocycles. The summed E-state index contributed by atoms with van der Waals surface area (Å²) in [7, 11) is 3.98. The lowest BCUT2D eigenvalue weighted by Gasteiger charge is -2.23. The summed E-state index contributed by atoms with van der Waals surface area (Å²) in [5.74, 6) is 1.15. The second kappa shape index (κ2) is 44.3. The predicted octanol–water partition coefficient (Wildman–Crippen LogP) is 13.4. The van der Waals surface area contributed by atoms with Crippen LogP contribution in [0.15, 0.2) is 0 Å². The molecule has 0 spiro atoms. The van der Waals surface area contributed by atoms with Crippen LogP contribution in [0.2, 0.25) is 0 Å². The summed E-state index contributed by atoms with van der Waals surface area (Å²) in [6.07, 6.45) is 41.4. The fourth-order valence-electron chi connectivity index (χ4n) is 7.55. The standard InChI is InChI=1S/C49H97N3O4S/c1-6-9-12-15-18-20-21-22-23-24-25-26-27-29-32-35-42-56-47(53)39-44-57-43-38-46(49(55)50-40-41-52(4)5)51-48(54)45(36-33-30-17-14-11-8-3)37-34-31-28-19-16-13-10-7-2/h45-46H,6-44H2,1-5H3,(H,50,55)(H,51,54). The second-order valence-corrected chi connectivity index (χ2v) is 18.6. The number of nitrogens with one attached hydrogen (secondary N) is 2. The molecule has 0 aliphatic rings. The molecule has 0 aliphatic carbocycles. The van der Waals surface area contributed by atoms with E-state index in [-0.39, 0.29) is 23.7 Å². The molecule has 0 saturated heterocycles. The summed E-state index contributed by atoms with van der Waals surface area (Å²) in [6.45, 7) is 8.60. The van der Waals surface area contributed by atoms with Crippen molar-refractivity contribution in [1.29, 1.82) is 0 Å². The number of carbonyl (C=O) groups excluding carboxylic acids is 3. The first-order chi connectivity index (χ1) is 27.8. The Balaban J connectivity index is 4.50. The van der Waals surface area contributed by atoms with Crippen molar-refractivity contribution in [2.24, 2.45) is 5.92 Å². The van der Waals surface area contributed by atoms with Gasteiger partial charge in [-0.15, -0.1) is 0 Å². The Morgan fingerprint density at radius 3 is 1.33 bits per heavy atom. The van der Waals surface area contributed by atoms with E-state index in [1.165, 1.54) is 167 Å². The zero-order valence-corrected chi connectivity index (χ0v) is 39.5. The van der Waals surface area contributed by atoms with Crippen LogP contribution < -0.4 is 10.6 Å². The Kier molecular flexibility index (Phi) is 43.3. The maximum absolute atomic E-state index is 13.8. The molecule has 2 amide bonds. The van der Waals surface area contributed by atoms with Crippen molar-refractivity contribution in [2.75, 3.05) is 45.3 Å². The first kappa shape index (κ1) is 55.7. The van der Waals surface area contributed by atoms with E-state index < -0.39 is 6.04 Å². The minimum Gasteiger partial charge on any atom is -0.466 e. The van der Waals surface area contributed by atoms with Crippen LogP contribution in [0.25, 0.3) is 0 Å². The molecule has 0 aromatic heterocycles. The quantitative estimate of drug-likeness (QED) is 0.0470. The number of unbranched alkanes of at least 4 members (excludes halogenated alkanes) is 27. The largest absolute Gasteiger partial charge is 0.466 e. The molecule has 0 radical (unpaired) electrons. The minimum atomic E-state index is -0.556. The van der Waals surface area contributed by atoms with Crippen LogP contribution in [0.4, 0.5) is 0 Å². The van der Waals surface area contributed by atoms with Gasteiger partial charge in [-0.1, -0.05) is 207 Å². The van der Waals surface area contributed by atoms with Crippen molar-refractivity contribution in [3.05, 3.63) is 0 Å². The molecule has 0 bridgehead atoms. The fraction of sp³-hybridized carbons (Fsp3) is 0.939. The van der Waals surface area contributed by atoms with Gasteiger partial charge in [0.05, 0.1) is 13.0 Å². The van der Waals surface area contributed by atoms with E-state index in [1.807, 2.05) is 19.0 Å². The molecule has 0 aromatic rings. The summed E-state index contributed by atoms with van der Waals surface area (Å²) in [5.41, 5.74) is 0. The zero-order valence-electron chi connectivity index (χ0n) is 38.7. The molecule has 2 atom stereocenters. The molecule has 0 saturated carbocycles. The van der Waals surface area contributed by atoms with Gasteiger partial charge in [-0.25, -0.2) is 0 Å². The Hall–Kier alpha value is -1.28. The van der Waals surface area contributed by atoms with Crippen LogP contribution >= 0.6 is 11.8 Å². The maximum Gasteiger partial charge on any atom is 0.306 e. The average molecular weight is 824 g/mol. The SMILES string of the molecule is CCCCCCCCCCCCCCCCCCOC(=O)CCSCCC(NC(=O)C(CCCCCCCC)CCCCCCCCCC)C(=O)NCCN(C)C. The minimum absolute atomic E-state index is 0.0369. The van der Waals surface area contributed by atoms with Crippen LogP contribution in [-0.2, 0) is 19.1 Å². The predicted molar refractivity (Wildman–Crippen MR) is 249 cm³/mol. The number of hydrogen-bond donors (Lipinski definition) is 2. The normalized spacial score (nSPS) is 12.5. The van der Waals surface area contributed by atoms with Gasteiger partial charge < -0.3 is 20.3 Å². The summed E-state index contributed by atoms with van der Waals surface area (Å²) in [5, 5.41) is 6.25. The lowest BCUT2D eigenvalue weighted by molar-refractivity contribution is -0.143. The Labute approximate surface area is 359 Å². The van der Waals surface area contributed by atoms with Crippen molar-refractivity contribution in [3.8, 4) is 0 Å². The Morgan fingerprint density at radius 2 is 0.912 bits per heavy atom. The van der Waals surface area contributed by atoms with Crippen molar-refractivity contribution >= 4 is 29.5 Å². The van der Waals surface area contributed by atoms with Crippen LogP contribution in [0, 0.1) is 5.92 Å². The van der Waals surface area contributed by atoms with Gasteiger partial charge in [0, 0.05) is 24.8 Å². The van der Waals surface area contributed by atoms with Crippen LogP contribution in [0.3, 0.4) is 0 Å². The van der Waals surface area contributed by atoms with Crippen LogP contribution in [-0.4, -0.2) is 74.0 Å². The van der Waals surface area contributed by atoms with Gasteiger partial charge in [-0.2, -0.15) is 11.8 Å². The van der Waals surface area contributed by atoms with Gasteiger partial charge in [0.2, 0.25) is 11.8 Å². The Morgan fingerprint density at radius 1 is 0.509 bits per heavy atom. The molecule has 2 unspecified atom stereocenters. The summed E-state index contributed by atoms with van der Waals surface area (Å²) in [6, 6.07) is -0.556. The molecule has 2 N–H and O–H groups in total. The fourth-order valence-corrected chi connectivity index (χ4v) is 8.47. The van der Waals surface area contributed by atoms with E-state index in [9.17, 15) is 14.4 Å². The molecule has 0 aliphatic heterocycles. The highest BCUT2D eigenvalue weighted by molar-refractivity contribution is 7.99. The third kappa shape index (κ3) is 39.9. The van der Waals surface area contributed by atoms with Crippen LogP contribution in [0.5, 0.6) is 0 Å². The highest BCUT2D eigenvalue weighted by atomic mass is 32.2. The van der Waals surface area contributed by atoms with Crippen LogP contribution in [0.1, 0.15) is 239 Å². The monoisotopic (exact) mass is 824 g/mol. The number of hydrogen-bond acceptors (Lipinski definition) is 6. The Bertz CT molecular complexity index is 889. The summed E-state index contributed by atoms with van der Waals surface area (Å²) >= 11 is 1.67. The maximum atomic E-state index is 13.8. The van der Waals surface area contributed by atoms with Gasteiger partial charge >= 0.3 is 5.97 Å². The van der Waals surface area contributed by atoms with Gasteiger partial charge in [0.1, 0.15) is 6.04 Å². The number of rotatable bonds is 45. The van der Waals surface area contributed by atoms with E-state index in [4.69, 9.17) is 4.74 Å². The molecule has 0 aromatic carbocycles. The number of esters is 1. The third-order valence-corrected chi connectivity index (χ3v) is 12.5. The lowest BCUT2D eigenvalue weighted by atomic mass is 9.93. The zero-order chi connectivity index (χ0) is 41.9. The summed E-state index contributed by atoms with van der Waals surface area (Å²) in [4.78, 5) is 41.5. The topological polar surface area (TPSA) is 87.7 Å². The molecule has 7 nitrogen and oxygen atoms in total. The number of thioether (sulfide) groups is 1. The molecule has 0 fully saturated rings. The average Bonchev–Trinajstić information content (AvgIpc) is 3.19. The number of ether oxygens (including phenoxy) is 1.